The van der Waals surface area contributed by atoms with Gasteiger partial charge in [0, 0.05) is 25.9 Å². The average Bonchev–Trinajstić information content (AvgIpc) is 2.29. The summed E-state index contributed by atoms with van der Waals surface area (Å²) in [5, 5.41) is 3.39. The topological polar surface area (TPSA) is 47.6 Å². The van der Waals surface area contributed by atoms with Crippen LogP contribution in [0.15, 0.2) is 0 Å². The molecule has 1 N–H and O–H groups in total. The molecular formula is C14H29NO3. The van der Waals surface area contributed by atoms with E-state index in [0.29, 0.717) is 12.6 Å². The normalized spacial score (nSPS) is 11.1. The van der Waals surface area contributed by atoms with Crippen LogP contribution in [0, 0.1) is 0 Å². The number of carbonyl (C=O) groups excluding carboxylic acids is 1. The van der Waals surface area contributed by atoms with Crippen molar-refractivity contribution in [2.45, 2.75) is 52.5 Å². The van der Waals surface area contributed by atoms with Gasteiger partial charge < -0.3 is 14.8 Å². The summed E-state index contributed by atoms with van der Waals surface area (Å²) in [6.07, 6.45) is 4.40. The largest absolute Gasteiger partial charge is 0.381 e. The van der Waals surface area contributed by atoms with Crippen LogP contribution in [0.4, 0.5) is 0 Å². The minimum Gasteiger partial charge on any atom is -0.381 e. The quantitative estimate of drug-likeness (QED) is 0.515. The summed E-state index contributed by atoms with van der Waals surface area (Å²) in [5.41, 5.74) is 0. The fourth-order valence-corrected chi connectivity index (χ4v) is 1.48. The van der Waals surface area contributed by atoms with Crippen LogP contribution in [0.3, 0.4) is 0 Å². The Kier molecular flexibility index (Phi) is 12.7. The van der Waals surface area contributed by atoms with Crippen molar-refractivity contribution in [1.29, 1.82) is 0 Å². The van der Waals surface area contributed by atoms with Crippen LogP contribution in [0.25, 0.3) is 0 Å². The average molecular weight is 259 g/mol. The van der Waals surface area contributed by atoms with Crippen LogP contribution in [-0.2, 0) is 14.3 Å². The number of hydrogen-bond acceptors (Lipinski definition) is 4. The fourth-order valence-electron chi connectivity index (χ4n) is 1.48. The van der Waals surface area contributed by atoms with E-state index in [-0.39, 0.29) is 12.4 Å². The van der Waals surface area contributed by atoms with Gasteiger partial charge in [-0.2, -0.15) is 0 Å². The molecule has 18 heavy (non-hydrogen) atoms. The van der Waals surface area contributed by atoms with E-state index < -0.39 is 0 Å². The molecule has 0 aliphatic heterocycles. The maximum atomic E-state index is 10.6. The molecule has 4 nitrogen and oxygen atoms in total. The van der Waals surface area contributed by atoms with Crippen LogP contribution in [-0.4, -0.2) is 44.8 Å². The molecular weight excluding hydrogens is 230 g/mol. The number of unbranched alkanes of at least 4 members (excludes halogenated alkanes) is 2. The Bertz CT molecular complexity index is 195. The van der Waals surface area contributed by atoms with Crippen LogP contribution in [0.1, 0.15) is 46.5 Å². The van der Waals surface area contributed by atoms with Crippen molar-refractivity contribution in [3.63, 3.8) is 0 Å². The minimum atomic E-state index is 0.0749. The Hall–Kier alpha value is -0.450. The van der Waals surface area contributed by atoms with E-state index >= 15 is 0 Å². The molecule has 0 atom stereocenters. The molecule has 4 heteroatoms. The standard InChI is InChI=1S/C14H29NO3/c1-13(2)15-8-5-4-6-9-17-10-7-11-18-12-14(3)16/h13,15H,4-12H2,1-3H3. The maximum Gasteiger partial charge on any atom is 0.155 e. The zero-order chi connectivity index (χ0) is 13.6. The molecule has 0 amide bonds. The molecule has 0 aromatic heterocycles. The molecule has 0 aromatic rings. The lowest BCUT2D eigenvalue weighted by Crippen LogP contribution is -2.23. The predicted molar refractivity (Wildman–Crippen MR) is 73.9 cm³/mol. The van der Waals surface area contributed by atoms with E-state index in [0.717, 1.165) is 32.6 Å². The molecule has 0 heterocycles. The second kappa shape index (κ2) is 13.0. The van der Waals surface area contributed by atoms with Gasteiger partial charge >= 0.3 is 0 Å². The van der Waals surface area contributed by atoms with Crippen LogP contribution in [0.2, 0.25) is 0 Å². The van der Waals surface area contributed by atoms with E-state index in [1.54, 1.807) is 0 Å². The first-order valence-corrected chi connectivity index (χ1v) is 7.01. The molecule has 0 bridgehead atoms. The van der Waals surface area contributed by atoms with Gasteiger partial charge in [0.15, 0.2) is 5.78 Å². The van der Waals surface area contributed by atoms with Crippen molar-refractivity contribution < 1.29 is 14.3 Å². The highest BCUT2D eigenvalue weighted by molar-refractivity contribution is 5.76. The van der Waals surface area contributed by atoms with Crippen molar-refractivity contribution in [2.24, 2.45) is 0 Å². The summed E-state index contributed by atoms with van der Waals surface area (Å²) < 4.78 is 10.6. The summed E-state index contributed by atoms with van der Waals surface area (Å²) in [4.78, 5) is 10.6. The number of rotatable bonds is 13. The van der Waals surface area contributed by atoms with E-state index in [2.05, 4.69) is 19.2 Å². The smallest absolute Gasteiger partial charge is 0.155 e. The van der Waals surface area contributed by atoms with Crippen LogP contribution >= 0.6 is 0 Å². The number of carbonyl (C=O) groups is 1. The van der Waals surface area contributed by atoms with Gasteiger partial charge in [0.1, 0.15) is 6.61 Å². The van der Waals surface area contributed by atoms with Gasteiger partial charge in [0.05, 0.1) is 0 Å². The number of Topliss-reactive ketones (excluding diaryl/α,β-unsaturated/α-hetero) is 1. The number of hydrogen-bond donors (Lipinski definition) is 1. The number of ketones is 1. The summed E-state index contributed by atoms with van der Waals surface area (Å²) in [6, 6.07) is 0.580. The lowest BCUT2D eigenvalue weighted by Gasteiger charge is -2.07. The molecule has 0 saturated heterocycles. The molecule has 0 aliphatic carbocycles. The Morgan fingerprint density at radius 2 is 1.67 bits per heavy atom. The van der Waals surface area contributed by atoms with Crippen molar-refractivity contribution in [2.75, 3.05) is 33.0 Å². The van der Waals surface area contributed by atoms with Crippen molar-refractivity contribution in [1.82, 2.24) is 5.32 Å². The fraction of sp³-hybridized carbons (Fsp3) is 0.929. The van der Waals surface area contributed by atoms with Crippen LogP contribution in [0.5, 0.6) is 0 Å². The molecule has 108 valence electrons. The van der Waals surface area contributed by atoms with Crippen LogP contribution < -0.4 is 5.32 Å². The second-order valence-electron chi connectivity index (χ2n) is 4.89. The Morgan fingerprint density at radius 1 is 1.00 bits per heavy atom. The van der Waals surface area contributed by atoms with Crippen molar-refractivity contribution in [3.05, 3.63) is 0 Å². The molecule has 0 fully saturated rings. The van der Waals surface area contributed by atoms with E-state index in [1.807, 2.05) is 0 Å². The summed E-state index contributed by atoms with van der Waals surface area (Å²) in [5.74, 6) is 0.0749. The van der Waals surface area contributed by atoms with Gasteiger partial charge in [0.2, 0.25) is 0 Å². The monoisotopic (exact) mass is 259 g/mol. The highest BCUT2D eigenvalue weighted by Crippen LogP contribution is 1.96. The molecule has 0 spiro atoms. The summed E-state index contributed by atoms with van der Waals surface area (Å²) >= 11 is 0. The first-order valence-electron chi connectivity index (χ1n) is 7.01. The Balaban J connectivity index is 2.97. The van der Waals surface area contributed by atoms with Crippen molar-refractivity contribution >= 4 is 5.78 Å². The Morgan fingerprint density at radius 3 is 2.33 bits per heavy atom. The highest BCUT2D eigenvalue weighted by Gasteiger charge is 1.95. The zero-order valence-electron chi connectivity index (χ0n) is 12.2. The first-order chi connectivity index (χ1) is 8.63. The summed E-state index contributed by atoms with van der Waals surface area (Å²) in [7, 11) is 0. The number of nitrogens with one attached hydrogen (secondary N) is 1. The number of ether oxygens (including phenoxy) is 2. The Labute approximate surface area is 111 Å². The van der Waals surface area contributed by atoms with Gasteiger partial charge in [-0.25, -0.2) is 0 Å². The molecule has 0 unspecified atom stereocenters. The maximum absolute atomic E-state index is 10.6. The van der Waals surface area contributed by atoms with Gasteiger partial charge in [-0.05, 0) is 39.2 Å². The van der Waals surface area contributed by atoms with E-state index in [4.69, 9.17) is 9.47 Å². The van der Waals surface area contributed by atoms with Gasteiger partial charge in [-0.15, -0.1) is 0 Å². The summed E-state index contributed by atoms with van der Waals surface area (Å²) in [6.45, 7) is 9.34. The van der Waals surface area contributed by atoms with E-state index in [1.165, 1.54) is 19.8 Å². The van der Waals surface area contributed by atoms with Gasteiger partial charge in [0.25, 0.3) is 0 Å². The first kappa shape index (κ1) is 17.6. The third-order valence-electron chi connectivity index (χ3n) is 2.40. The molecule has 0 aromatic carbocycles. The minimum absolute atomic E-state index is 0.0749. The zero-order valence-corrected chi connectivity index (χ0v) is 12.2. The molecule has 0 rings (SSSR count). The van der Waals surface area contributed by atoms with E-state index in [9.17, 15) is 4.79 Å². The molecule has 0 saturated carbocycles. The SMILES string of the molecule is CC(=O)COCCCOCCCCCNC(C)C. The lowest BCUT2D eigenvalue weighted by molar-refractivity contribution is -0.121. The second-order valence-corrected chi connectivity index (χ2v) is 4.89. The molecule has 0 radical (unpaired) electrons. The van der Waals surface area contributed by atoms with Gasteiger partial charge in [-0.3, -0.25) is 4.79 Å². The van der Waals surface area contributed by atoms with Crippen molar-refractivity contribution in [3.8, 4) is 0 Å². The molecule has 0 aliphatic rings. The predicted octanol–water partition coefficient (Wildman–Crippen LogP) is 2.17. The third kappa shape index (κ3) is 15.6. The third-order valence-corrected chi connectivity index (χ3v) is 2.40. The lowest BCUT2D eigenvalue weighted by atomic mass is 10.2. The highest BCUT2D eigenvalue weighted by atomic mass is 16.5. The van der Waals surface area contributed by atoms with Gasteiger partial charge in [-0.1, -0.05) is 13.8 Å².